The molecule has 0 bridgehead atoms. The minimum Gasteiger partial charge on any atom is -0.454 e. The highest BCUT2D eigenvalue weighted by atomic mass is 35.5. The van der Waals surface area contributed by atoms with Gasteiger partial charge < -0.3 is 15.4 Å². The van der Waals surface area contributed by atoms with Crippen LogP contribution in [0.25, 0.3) is 0 Å². The van der Waals surface area contributed by atoms with Gasteiger partial charge in [-0.1, -0.05) is 43.6 Å². The van der Waals surface area contributed by atoms with Crippen LogP contribution in [0.1, 0.15) is 30.6 Å². The van der Waals surface area contributed by atoms with E-state index < -0.39 is 24.5 Å². The number of rotatable bonds is 8. The molecule has 1 unspecified atom stereocenters. The first-order chi connectivity index (χ1) is 13.3. The molecular formula is C21H23ClN2O4. The summed E-state index contributed by atoms with van der Waals surface area (Å²) in [6, 6.07) is 14.3. The largest absolute Gasteiger partial charge is 0.454 e. The number of hydrogen-bond acceptors (Lipinski definition) is 4. The summed E-state index contributed by atoms with van der Waals surface area (Å²) in [7, 11) is 0. The smallest absolute Gasteiger partial charge is 0.329 e. The third kappa shape index (κ3) is 7.04. The summed E-state index contributed by atoms with van der Waals surface area (Å²) in [4.78, 5) is 36.7. The number of carbonyl (C=O) groups excluding carboxylic acids is 3. The quantitative estimate of drug-likeness (QED) is 0.660. The maximum Gasteiger partial charge on any atom is 0.329 e. The molecule has 2 aromatic rings. The summed E-state index contributed by atoms with van der Waals surface area (Å²) >= 11 is 5.80. The zero-order chi connectivity index (χ0) is 20.5. The van der Waals surface area contributed by atoms with Crippen LogP contribution in [0, 0.1) is 5.92 Å². The van der Waals surface area contributed by atoms with Gasteiger partial charge in [0.05, 0.1) is 0 Å². The molecule has 0 radical (unpaired) electrons. The lowest BCUT2D eigenvalue weighted by atomic mass is 10.0. The third-order valence-corrected chi connectivity index (χ3v) is 4.06. The topological polar surface area (TPSA) is 84.5 Å². The normalized spacial score (nSPS) is 11.6. The van der Waals surface area contributed by atoms with Gasteiger partial charge in [-0.05, 0) is 48.7 Å². The molecule has 0 saturated carbocycles. The highest BCUT2D eigenvalue weighted by Gasteiger charge is 2.24. The van der Waals surface area contributed by atoms with Gasteiger partial charge in [0.15, 0.2) is 6.61 Å². The average molecular weight is 403 g/mol. The van der Waals surface area contributed by atoms with Crippen LogP contribution in [0.15, 0.2) is 54.6 Å². The number of esters is 1. The van der Waals surface area contributed by atoms with E-state index in [1.54, 1.807) is 54.6 Å². The van der Waals surface area contributed by atoms with Crippen LogP contribution in [0.3, 0.4) is 0 Å². The summed E-state index contributed by atoms with van der Waals surface area (Å²) in [5.74, 6) is -1.34. The number of anilines is 1. The lowest BCUT2D eigenvalue weighted by molar-refractivity contribution is -0.149. The highest BCUT2D eigenvalue weighted by molar-refractivity contribution is 6.30. The molecule has 2 rings (SSSR count). The fourth-order valence-corrected chi connectivity index (χ4v) is 2.61. The Balaban J connectivity index is 1.91. The van der Waals surface area contributed by atoms with E-state index in [-0.39, 0.29) is 11.8 Å². The van der Waals surface area contributed by atoms with Crippen LogP contribution >= 0.6 is 11.6 Å². The minimum absolute atomic E-state index is 0.150. The molecule has 7 heteroatoms. The van der Waals surface area contributed by atoms with Crippen molar-refractivity contribution in [3.63, 3.8) is 0 Å². The number of carbonyl (C=O) groups is 3. The van der Waals surface area contributed by atoms with Gasteiger partial charge in [0.2, 0.25) is 0 Å². The van der Waals surface area contributed by atoms with Crippen molar-refractivity contribution in [3.8, 4) is 0 Å². The Bertz CT molecular complexity index is 807. The Kier molecular flexibility index (Phi) is 8.02. The number of halogens is 1. The van der Waals surface area contributed by atoms with Crippen LogP contribution in [0.4, 0.5) is 5.69 Å². The molecule has 0 aliphatic carbocycles. The van der Waals surface area contributed by atoms with Crippen molar-refractivity contribution in [2.75, 3.05) is 11.9 Å². The number of benzene rings is 2. The van der Waals surface area contributed by atoms with Crippen LogP contribution in [-0.4, -0.2) is 30.4 Å². The number of amides is 2. The zero-order valence-corrected chi connectivity index (χ0v) is 16.5. The minimum atomic E-state index is -0.837. The van der Waals surface area contributed by atoms with Gasteiger partial charge >= 0.3 is 5.97 Å². The average Bonchev–Trinajstić information content (AvgIpc) is 2.67. The summed E-state index contributed by atoms with van der Waals surface area (Å²) in [6.45, 7) is 3.42. The van der Waals surface area contributed by atoms with Crippen molar-refractivity contribution in [2.45, 2.75) is 26.3 Å². The van der Waals surface area contributed by atoms with Crippen LogP contribution < -0.4 is 10.6 Å². The summed E-state index contributed by atoms with van der Waals surface area (Å²) in [5, 5.41) is 5.84. The second-order valence-corrected chi connectivity index (χ2v) is 7.12. The Hall–Kier alpha value is -2.86. The molecule has 0 saturated heterocycles. The molecule has 2 amide bonds. The predicted octanol–water partition coefficient (Wildman–Crippen LogP) is 3.67. The standard InChI is InChI=1S/C21H23ClN2O4/c1-14(2)12-18(24-20(26)15-6-4-3-5-7-15)21(27)28-13-19(25)23-17-10-8-16(22)9-11-17/h3-11,14,18H,12-13H2,1-2H3,(H,23,25)(H,24,26). The van der Waals surface area contributed by atoms with Crippen LogP contribution in [0.5, 0.6) is 0 Å². The van der Waals surface area contributed by atoms with E-state index in [1.807, 2.05) is 13.8 Å². The van der Waals surface area contributed by atoms with Gasteiger partial charge in [0, 0.05) is 16.3 Å². The molecule has 2 aromatic carbocycles. The van der Waals surface area contributed by atoms with Crippen LogP contribution in [0.2, 0.25) is 5.02 Å². The van der Waals surface area contributed by atoms with Crippen LogP contribution in [-0.2, 0) is 14.3 Å². The predicted molar refractivity (Wildman–Crippen MR) is 108 cm³/mol. The fourth-order valence-electron chi connectivity index (χ4n) is 2.48. The van der Waals surface area contributed by atoms with Gasteiger partial charge in [-0.25, -0.2) is 4.79 Å². The second-order valence-electron chi connectivity index (χ2n) is 6.68. The lowest BCUT2D eigenvalue weighted by Gasteiger charge is -2.19. The molecule has 0 spiro atoms. The van der Waals surface area contributed by atoms with Crippen molar-refractivity contribution in [3.05, 3.63) is 65.2 Å². The SMILES string of the molecule is CC(C)CC(NC(=O)c1ccccc1)C(=O)OCC(=O)Nc1ccc(Cl)cc1. The molecule has 0 heterocycles. The van der Waals surface area contributed by atoms with Gasteiger partial charge in [0.25, 0.3) is 11.8 Å². The fraction of sp³-hybridized carbons (Fsp3) is 0.286. The van der Waals surface area contributed by atoms with Crippen molar-refractivity contribution < 1.29 is 19.1 Å². The number of nitrogens with one attached hydrogen (secondary N) is 2. The van der Waals surface area contributed by atoms with Gasteiger partial charge in [-0.3, -0.25) is 9.59 Å². The Morgan fingerprint density at radius 2 is 1.64 bits per heavy atom. The molecule has 0 aromatic heterocycles. The molecule has 28 heavy (non-hydrogen) atoms. The van der Waals surface area contributed by atoms with Gasteiger partial charge in [-0.2, -0.15) is 0 Å². The Morgan fingerprint density at radius 3 is 2.25 bits per heavy atom. The summed E-state index contributed by atoms with van der Waals surface area (Å²) in [5.41, 5.74) is 0.992. The zero-order valence-electron chi connectivity index (χ0n) is 15.8. The number of hydrogen-bond donors (Lipinski definition) is 2. The number of ether oxygens (including phenoxy) is 1. The summed E-state index contributed by atoms with van der Waals surface area (Å²) in [6.07, 6.45) is 0.399. The Morgan fingerprint density at radius 1 is 1.00 bits per heavy atom. The van der Waals surface area contributed by atoms with Crippen molar-refractivity contribution in [1.82, 2.24) is 5.32 Å². The molecule has 148 valence electrons. The van der Waals surface area contributed by atoms with E-state index in [0.29, 0.717) is 22.7 Å². The first-order valence-electron chi connectivity index (χ1n) is 8.93. The molecule has 0 fully saturated rings. The highest BCUT2D eigenvalue weighted by Crippen LogP contribution is 2.13. The first-order valence-corrected chi connectivity index (χ1v) is 9.31. The van der Waals surface area contributed by atoms with Crippen molar-refractivity contribution >= 4 is 35.1 Å². The van der Waals surface area contributed by atoms with E-state index in [4.69, 9.17) is 16.3 Å². The van der Waals surface area contributed by atoms with Crippen molar-refractivity contribution in [2.24, 2.45) is 5.92 Å². The van der Waals surface area contributed by atoms with E-state index in [9.17, 15) is 14.4 Å². The molecule has 0 aliphatic rings. The maximum atomic E-state index is 12.4. The summed E-state index contributed by atoms with van der Waals surface area (Å²) < 4.78 is 5.11. The van der Waals surface area contributed by atoms with E-state index in [2.05, 4.69) is 10.6 Å². The Labute approximate surface area is 169 Å². The van der Waals surface area contributed by atoms with Crippen molar-refractivity contribution in [1.29, 1.82) is 0 Å². The lowest BCUT2D eigenvalue weighted by Crippen LogP contribution is -2.43. The van der Waals surface area contributed by atoms with Gasteiger partial charge in [-0.15, -0.1) is 0 Å². The van der Waals surface area contributed by atoms with Gasteiger partial charge in [0.1, 0.15) is 6.04 Å². The monoisotopic (exact) mass is 402 g/mol. The van der Waals surface area contributed by atoms with E-state index in [0.717, 1.165) is 0 Å². The molecular weight excluding hydrogens is 380 g/mol. The molecule has 1 atom stereocenters. The maximum absolute atomic E-state index is 12.4. The third-order valence-electron chi connectivity index (χ3n) is 3.81. The molecule has 6 nitrogen and oxygen atoms in total. The van der Waals surface area contributed by atoms with E-state index >= 15 is 0 Å². The van der Waals surface area contributed by atoms with E-state index in [1.165, 1.54) is 0 Å². The molecule has 2 N–H and O–H groups in total. The first kappa shape index (κ1) is 21.4. The molecule has 0 aliphatic heterocycles. The second kappa shape index (κ2) is 10.5.